The molecule has 2 heterocycles. The summed E-state index contributed by atoms with van der Waals surface area (Å²) in [6.07, 6.45) is 4.00. The number of anilines is 1. The van der Waals surface area contributed by atoms with Crippen molar-refractivity contribution >= 4 is 56.9 Å². The zero-order chi connectivity index (χ0) is 18.4. The fraction of sp³-hybridized carbons (Fsp3) is 0.143. The maximum atomic E-state index is 13.1. The van der Waals surface area contributed by atoms with Gasteiger partial charge in [-0.05, 0) is 43.2 Å². The molecule has 0 atom stereocenters. The van der Waals surface area contributed by atoms with E-state index in [0.717, 1.165) is 33.3 Å². The summed E-state index contributed by atoms with van der Waals surface area (Å²) in [6.45, 7) is 4.02. The molecule has 0 spiro atoms. The largest absolute Gasteiger partial charge is 0.350 e. The van der Waals surface area contributed by atoms with Crippen LogP contribution in [-0.2, 0) is 11.8 Å². The van der Waals surface area contributed by atoms with E-state index >= 15 is 0 Å². The van der Waals surface area contributed by atoms with Gasteiger partial charge >= 0.3 is 0 Å². The van der Waals surface area contributed by atoms with Crippen LogP contribution in [0.1, 0.15) is 16.7 Å². The van der Waals surface area contributed by atoms with E-state index in [1.165, 1.54) is 11.8 Å². The lowest BCUT2D eigenvalue weighted by Crippen LogP contribution is -2.28. The molecule has 0 N–H and O–H groups in total. The predicted molar refractivity (Wildman–Crippen MR) is 114 cm³/mol. The van der Waals surface area contributed by atoms with E-state index in [1.807, 2.05) is 57.3 Å². The number of rotatable bonds is 2. The van der Waals surface area contributed by atoms with Crippen LogP contribution >= 0.6 is 24.0 Å². The van der Waals surface area contributed by atoms with Crippen molar-refractivity contribution in [1.82, 2.24) is 4.57 Å². The van der Waals surface area contributed by atoms with Crippen LogP contribution in [-0.4, -0.2) is 14.8 Å². The van der Waals surface area contributed by atoms with Crippen LogP contribution < -0.4 is 4.90 Å². The molecule has 1 aliphatic rings. The summed E-state index contributed by atoms with van der Waals surface area (Å²) in [7, 11) is 2.01. The average Bonchev–Trinajstić information content (AvgIpc) is 3.08. The van der Waals surface area contributed by atoms with Crippen molar-refractivity contribution < 1.29 is 4.79 Å². The van der Waals surface area contributed by atoms with E-state index in [-0.39, 0.29) is 5.91 Å². The molecule has 0 saturated carbocycles. The molecule has 1 aromatic heterocycles. The molecule has 3 aromatic rings. The predicted octanol–water partition coefficient (Wildman–Crippen LogP) is 5.20. The zero-order valence-electron chi connectivity index (χ0n) is 14.8. The van der Waals surface area contributed by atoms with Crippen molar-refractivity contribution in [2.45, 2.75) is 13.8 Å². The molecule has 1 amide bonds. The number of benzene rings is 2. The number of nitrogens with zero attached hydrogens (tertiary/aromatic N) is 2. The monoisotopic (exact) mass is 378 g/mol. The van der Waals surface area contributed by atoms with Gasteiger partial charge in [0.25, 0.3) is 5.91 Å². The molecule has 0 aliphatic carbocycles. The number of hydrogen-bond acceptors (Lipinski definition) is 3. The first-order valence-electron chi connectivity index (χ1n) is 8.35. The minimum atomic E-state index is -0.0540. The Morgan fingerprint density at radius 2 is 1.88 bits per heavy atom. The van der Waals surface area contributed by atoms with Crippen LogP contribution in [0.2, 0.25) is 0 Å². The molecule has 0 bridgehead atoms. The molecule has 26 heavy (non-hydrogen) atoms. The van der Waals surface area contributed by atoms with E-state index in [2.05, 4.69) is 22.9 Å². The Morgan fingerprint density at radius 3 is 2.69 bits per heavy atom. The standard InChI is InChI=1S/C21H18N2OS2/c1-13-8-9-14(2)18(10-13)23-20(24)19(26-21(23)25)11-15-12-22(3)17-7-5-4-6-16(15)17/h4-12H,1-3H3. The first-order valence-corrected chi connectivity index (χ1v) is 9.57. The van der Waals surface area contributed by atoms with Gasteiger partial charge in [-0.15, -0.1) is 0 Å². The number of carbonyl (C=O) groups is 1. The van der Waals surface area contributed by atoms with Crippen LogP contribution in [0, 0.1) is 13.8 Å². The van der Waals surface area contributed by atoms with Crippen molar-refractivity contribution in [2.24, 2.45) is 7.05 Å². The van der Waals surface area contributed by atoms with E-state index in [0.29, 0.717) is 9.23 Å². The number of fused-ring (bicyclic) bond motifs is 1. The SMILES string of the molecule is Cc1ccc(C)c(N2C(=O)C(=Cc3cn(C)c4ccccc34)SC2=S)c1. The second-order valence-corrected chi connectivity index (χ2v) is 8.20. The molecule has 1 aliphatic heterocycles. The number of amides is 1. The molecule has 130 valence electrons. The quantitative estimate of drug-likeness (QED) is 0.453. The number of aryl methyl sites for hydroxylation is 3. The molecule has 0 unspecified atom stereocenters. The second-order valence-electron chi connectivity index (χ2n) is 6.52. The van der Waals surface area contributed by atoms with Crippen molar-refractivity contribution in [3.63, 3.8) is 0 Å². The van der Waals surface area contributed by atoms with Gasteiger partial charge in [0, 0.05) is 29.7 Å². The van der Waals surface area contributed by atoms with Crippen molar-refractivity contribution in [1.29, 1.82) is 0 Å². The molecular weight excluding hydrogens is 360 g/mol. The van der Waals surface area contributed by atoms with Gasteiger partial charge in [-0.2, -0.15) is 0 Å². The van der Waals surface area contributed by atoms with Gasteiger partial charge in [0.15, 0.2) is 4.32 Å². The van der Waals surface area contributed by atoms with Crippen LogP contribution in [0.4, 0.5) is 5.69 Å². The lowest BCUT2D eigenvalue weighted by Gasteiger charge is -2.17. The minimum absolute atomic E-state index is 0.0540. The topological polar surface area (TPSA) is 25.2 Å². The maximum Gasteiger partial charge on any atom is 0.270 e. The Labute approximate surface area is 162 Å². The molecule has 2 aromatic carbocycles. The third-order valence-corrected chi connectivity index (χ3v) is 5.92. The van der Waals surface area contributed by atoms with E-state index in [4.69, 9.17) is 12.2 Å². The first kappa shape index (κ1) is 17.1. The van der Waals surface area contributed by atoms with Crippen molar-refractivity contribution in [3.05, 3.63) is 70.3 Å². The van der Waals surface area contributed by atoms with Gasteiger partial charge in [0.2, 0.25) is 0 Å². The first-order chi connectivity index (χ1) is 12.5. The molecule has 1 saturated heterocycles. The van der Waals surface area contributed by atoms with Crippen molar-refractivity contribution in [3.8, 4) is 0 Å². The van der Waals surface area contributed by atoms with Gasteiger partial charge in [-0.25, -0.2) is 0 Å². The number of thiocarbonyl (C=S) groups is 1. The number of aromatic nitrogens is 1. The number of para-hydroxylation sites is 1. The van der Waals surface area contributed by atoms with Gasteiger partial charge in [0.1, 0.15) is 0 Å². The maximum absolute atomic E-state index is 13.1. The molecule has 0 radical (unpaired) electrons. The minimum Gasteiger partial charge on any atom is -0.350 e. The molecule has 3 nitrogen and oxygen atoms in total. The average molecular weight is 379 g/mol. The second kappa shape index (κ2) is 6.41. The number of thioether (sulfide) groups is 1. The van der Waals surface area contributed by atoms with Crippen LogP contribution in [0.25, 0.3) is 17.0 Å². The summed E-state index contributed by atoms with van der Waals surface area (Å²) in [4.78, 5) is 15.4. The fourth-order valence-corrected chi connectivity index (χ4v) is 4.54. The fourth-order valence-electron chi connectivity index (χ4n) is 3.27. The van der Waals surface area contributed by atoms with Gasteiger partial charge in [-0.1, -0.05) is 54.3 Å². The van der Waals surface area contributed by atoms with Gasteiger partial charge in [0.05, 0.1) is 10.6 Å². The highest BCUT2D eigenvalue weighted by molar-refractivity contribution is 8.27. The van der Waals surface area contributed by atoms with Crippen LogP contribution in [0.5, 0.6) is 0 Å². The van der Waals surface area contributed by atoms with Crippen LogP contribution in [0.15, 0.2) is 53.6 Å². The molecule has 1 fully saturated rings. The van der Waals surface area contributed by atoms with Gasteiger partial charge in [-0.3, -0.25) is 9.69 Å². The lowest BCUT2D eigenvalue weighted by molar-refractivity contribution is -0.113. The summed E-state index contributed by atoms with van der Waals surface area (Å²) in [6, 6.07) is 14.3. The Balaban J connectivity index is 1.77. The Kier molecular flexibility index (Phi) is 4.21. The van der Waals surface area contributed by atoms with E-state index < -0.39 is 0 Å². The smallest absolute Gasteiger partial charge is 0.270 e. The summed E-state index contributed by atoms with van der Waals surface area (Å²) < 4.78 is 2.65. The third kappa shape index (κ3) is 2.77. The number of hydrogen-bond donors (Lipinski definition) is 0. The van der Waals surface area contributed by atoms with E-state index in [1.54, 1.807) is 4.90 Å². The van der Waals surface area contributed by atoms with Crippen molar-refractivity contribution in [2.75, 3.05) is 4.90 Å². The summed E-state index contributed by atoms with van der Waals surface area (Å²) in [5, 5.41) is 1.13. The highest BCUT2D eigenvalue weighted by atomic mass is 32.2. The lowest BCUT2D eigenvalue weighted by atomic mass is 10.1. The third-order valence-electron chi connectivity index (χ3n) is 4.61. The Morgan fingerprint density at radius 1 is 1.12 bits per heavy atom. The summed E-state index contributed by atoms with van der Waals surface area (Å²) in [5.74, 6) is -0.0540. The summed E-state index contributed by atoms with van der Waals surface area (Å²) in [5.41, 5.74) is 5.19. The summed E-state index contributed by atoms with van der Waals surface area (Å²) >= 11 is 6.88. The Bertz CT molecular complexity index is 1090. The zero-order valence-corrected chi connectivity index (χ0v) is 16.4. The van der Waals surface area contributed by atoms with E-state index in [9.17, 15) is 4.79 Å². The Hall–Kier alpha value is -2.37. The van der Waals surface area contributed by atoms with Gasteiger partial charge < -0.3 is 4.57 Å². The highest BCUT2D eigenvalue weighted by Gasteiger charge is 2.34. The van der Waals surface area contributed by atoms with Crippen LogP contribution in [0.3, 0.4) is 0 Å². The molecular formula is C21H18N2OS2. The number of carbonyl (C=O) groups excluding carboxylic acids is 1. The molecule has 5 heteroatoms. The molecule has 4 rings (SSSR count). The normalized spacial score (nSPS) is 16.3. The highest BCUT2D eigenvalue weighted by Crippen LogP contribution is 2.38.